The van der Waals surface area contributed by atoms with E-state index in [-0.39, 0.29) is 5.56 Å². The highest BCUT2D eigenvalue weighted by Crippen LogP contribution is 2.41. The highest BCUT2D eigenvalue weighted by atomic mass is 79.9. The second-order valence-corrected chi connectivity index (χ2v) is 5.66. The number of nitrogens with one attached hydrogen (secondary N) is 1. The summed E-state index contributed by atoms with van der Waals surface area (Å²) in [5.41, 5.74) is 1.75. The number of ether oxygens (including phenoxy) is 1. The number of hydrogen-bond donors (Lipinski definition) is 1. The molecule has 1 aliphatic rings. The molecule has 0 amide bonds. The average molecular weight is 336 g/mol. The van der Waals surface area contributed by atoms with Crippen LogP contribution in [-0.2, 0) is 6.42 Å². The molecule has 0 radical (unpaired) electrons. The number of methoxy groups -OCH3 is 1. The van der Waals surface area contributed by atoms with Crippen molar-refractivity contribution in [1.82, 2.24) is 15.0 Å². The molecule has 5 nitrogen and oxygen atoms in total. The predicted molar refractivity (Wildman–Crippen MR) is 78.1 cm³/mol. The molecular formula is C14H14BrN3O2. The van der Waals surface area contributed by atoms with Crippen LogP contribution < -0.4 is 10.3 Å². The number of pyridine rings is 1. The first-order chi connectivity index (χ1) is 9.67. The standard InChI is InChI=1S/C14H14BrN3O2/c1-20-11-5-2-8(7-16-11)6-10-17-13(9-3-4-9)12(15)14(19)18-10/h2,5,7,9H,3-4,6H2,1H3,(H,17,18,19). The fourth-order valence-corrected chi connectivity index (χ4v) is 2.58. The molecule has 2 aromatic heterocycles. The molecule has 1 fully saturated rings. The Morgan fingerprint density at radius 3 is 2.85 bits per heavy atom. The number of aromatic amines is 1. The zero-order chi connectivity index (χ0) is 14.1. The molecule has 3 rings (SSSR count). The van der Waals surface area contributed by atoms with E-state index in [2.05, 4.69) is 30.9 Å². The number of halogens is 1. The summed E-state index contributed by atoms with van der Waals surface area (Å²) >= 11 is 3.32. The van der Waals surface area contributed by atoms with Gasteiger partial charge in [0.15, 0.2) is 0 Å². The van der Waals surface area contributed by atoms with Gasteiger partial charge in [-0.25, -0.2) is 9.97 Å². The zero-order valence-corrected chi connectivity index (χ0v) is 12.6. The summed E-state index contributed by atoms with van der Waals surface area (Å²) in [6.45, 7) is 0. The number of aromatic nitrogens is 3. The first-order valence-corrected chi connectivity index (χ1v) is 7.24. The van der Waals surface area contributed by atoms with E-state index in [9.17, 15) is 4.79 Å². The van der Waals surface area contributed by atoms with Gasteiger partial charge in [-0.05, 0) is 34.3 Å². The molecule has 0 aliphatic heterocycles. The molecule has 1 aliphatic carbocycles. The first kappa shape index (κ1) is 13.3. The molecule has 0 saturated heterocycles. The number of hydrogen-bond acceptors (Lipinski definition) is 4. The van der Waals surface area contributed by atoms with Crippen LogP contribution in [0.2, 0.25) is 0 Å². The molecule has 0 unspecified atom stereocenters. The van der Waals surface area contributed by atoms with E-state index < -0.39 is 0 Å². The van der Waals surface area contributed by atoms with Gasteiger partial charge in [0.25, 0.3) is 5.56 Å². The second-order valence-electron chi connectivity index (χ2n) is 4.87. The minimum Gasteiger partial charge on any atom is -0.481 e. The number of rotatable bonds is 4. The van der Waals surface area contributed by atoms with Crippen LogP contribution in [0.1, 0.15) is 35.8 Å². The third-order valence-corrected chi connectivity index (χ3v) is 4.05. The fourth-order valence-electron chi connectivity index (χ4n) is 2.07. The lowest BCUT2D eigenvalue weighted by molar-refractivity contribution is 0.397. The topological polar surface area (TPSA) is 67.9 Å². The van der Waals surface area contributed by atoms with Gasteiger partial charge in [0.05, 0.1) is 12.8 Å². The molecule has 0 bridgehead atoms. The SMILES string of the molecule is COc1ccc(Cc2nc(C3CC3)c(Br)c(=O)[nH]2)cn1. The van der Waals surface area contributed by atoms with E-state index in [1.54, 1.807) is 19.4 Å². The number of H-pyrrole nitrogens is 1. The van der Waals surface area contributed by atoms with E-state index in [4.69, 9.17) is 4.74 Å². The van der Waals surface area contributed by atoms with Gasteiger partial charge in [0.2, 0.25) is 5.88 Å². The molecule has 0 atom stereocenters. The van der Waals surface area contributed by atoms with Crippen LogP contribution >= 0.6 is 15.9 Å². The third-order valence-electron chi connectivity index (χ3n) is 3.28. The van der Waals surface area contributed by atoms with E-state index in [1.807, 2.05) is 6.07 Å². The highest BCUT2D eigenvalue weighted by Gasteiger charge is 2.28. The van der Waals surface area contributed by atoms with Gasteiger partial charge in [0, 0.05) is 24.6 Å². The van der Waals surface area contributed by atoms with Gasteiger partial charge < -0.3 is 9.72 Å². The Morgan fingerprint density at radius 1 is 1.45 bits per heavy atom. The monoisotopic (exact) mass is 335 g/mol. The maximum Gasteiger partial charge on any atom is 0.265 e. The zero-order valence-electron chi connectivity index (χ0n) is 11.0. The Bertz CT molecular complexity index is 678. The summed E-state index contributed by atoms with van der Waals surface area (Å²) in [7, 11) is 1.58. The summed E-state index contributed by atoms with van der Waals surface area (Å²) in [5, 5.41) is 0. The van der Waals surface area contributed by atoms with E-state index >= 15 is 0 Å². The molecule has 2 aromatic rings. The molecule has 0 aromatic carbocycles. The highest BCUT2D eigenvalue weighted by molar-refractivity contribution is 9.10. The van der Waals surface area contributed by atoms with E-state index in [0.29, 0.717) is 28.5 Å². The van der Waals surface area contributed by atoms with Gasteiger partial charge >= 0.3 is 0 Å². The molecule has 1 N–H and O–H groups in total. The van der Waals surface area contributed by atoms with Crippen molar-refractivity contribution in [3.8, 4) is 5.88 Å². The predicted octanol–water partition coefficient (Wildman–Crippen LogP) is 2.40. The number of nitrogens with zero attached hydrogens (tertiary/aromatic N) is 2. The molecule has 1 saturated carbocycles. The lowest BCUT2D eigenvalue weighted by Gasteiger charge is -2.06. The van der Waals surface area contributed by atoms with Crippen LogP contribution in [0.4, 0.5) is 0 Å². The Morgan fingerprint density at radius 2 is 2.25 bits per heavy atom. The van der Waals surface area contributed by atoms with Crippen molar-refractivity contribution in [3.63, 3.8) is 0 Å². The van der Waals surface area contributed by atoms with Crippen LogP contribution in [-0.4, -0.2) is 22.1 Å². The quantitative estimate of drug-likeness (QED) is 0.931. The summed E-state index contributed by atoms with van der Waals surface area (Å²) < 4.78 is 5.59. The maximum absolute atomic E-state index is 11.9. The summed E-state index contributed by atoms with van der Waals surface area (Å²) in [4.78, 5) is 23.4. The van der Waals surface area contributed by atoms with E-state index in [0.717, 1.165) is 24.1 Å². The smallest absolute Gasteiger partial charge is 0.265 e. The van der Waals surface area contributed by atoms with Crippen LogP contribution in [0.25, 0.3) is 0 Å². The largest absolute Gasteiger partial charge is 0.481 e. The van der Waals surface area contributed by atoms with Crippen molar-refractivity contribution in [1.29, 1.82) is 0 Å². The lowest BCUT2D eigenvalue weighted by atomic mass is 10.2. The van der Waals surface area contributed by atoms with Crippen molar-refractivity contribution in [2.24, 2.45) is 0 Å². The third kappa shape index (κ3) is 2.75. The lowest BCUT2D eigenvalue weighted by Crippen LogP contribution is -2.15. The Kier molecular flexibility index (Phi) is 3.56. The molecule has 6 heteroatoms. The Hall–Kier alpha value is -1.69. The van der Waals surface area contributed by atoms with Crippen molar-refractivity contribution in [3.05, 3.63) is 50.2 Å². The van der Waals surface area contributed by atoms with Gasteiger partial charge in [-0.3, -0.25) is 4.79 Å². The summed E-state index contributed by atoms with van der Waals surface area (Å²) in [5.74, 6) is 1.68. The minimum absolute atomic E-state index is 0.113. The van der Waals surface area contributed by atoms with Gasteiger partial charge in [-0.2, -0.15) is 0 Å². The van der Waals surface area contributed by atoms with Crippen molar-refractivity contribution < 1.29 is 4.74 Å². The Balaban J connectivity index is 1.88. The van der Waals surface area contributed by atoms with Crippen LogP contribution in [0.3, 0.4) is 0 Å². The first-order valence-electron chi connectivity index (χ1n) is 6.45. The summed E-state index contributed by atoms with van der Waals surface area (Å²) in [6, 6.07) is 3.72. The molecular weight excluding hydrogens is 322 g/mol. The van der Waals surface area contributed by atoms with Gasteiger partial charge in [-0.15, -0.1) is 0 Å². The van der Waals surface area contributed by atoms with Crippen LogP contribution in [0, 0.1) is 0 Å². The molecule has 0 spiro atoms. The molecule has 20 heavy (non-hydrogen) atoms. The maximum atomic E-state index is 11.9. The van der Waals surface area contributed by atoms with Crippen LogP contribution in [0.5, 0.6) is 5.88 Å². The van der Waals surface area contributed by atoms with Gasteiger partial charge in [0.1, 0.15) is 10.3 Å². The minimum atomic E-state index is -0.113. The fraction of sp³-hybridized carbons (Fsp3) is 0.357. The van der Waals surface area contributed by atoms with Gasteiger partial charge in [-0.1, -0.05) is 6.07 Å². The second kappa shape index (κ2) is 5.36. The average Bonchev–Trinajstić information content (AvgIpc) is 3.28. The van der Waals surface area contributed by atoms with E-state index in [1.165, 1.54) is 0 Å². The molecule has 2 heterocycles. The normalized spacial score (nSPS) is 14.3. The summed E-state index contributed by atoms with van der Waals surface area (Å²) in [6.07, 6.45) is 4.51. The molecule has 104 valence electrons. The van der Waals surface area contributed by atoms with Crippen LogP contribution in [0.15, 0.2) is 27.6 Å². The Labute approximate surface area is 124 Å². The van der Waals surface area contributed by atoms with Crippen molar-refractivity contribution in [2.45, 2.75) is 25.2 Å². The van der Waals surface area contributed by atoms with Crippen molar-refractivity contribution in [2.75, 3.05) is 7.11 Å². The van der Waals surface area contributed by atoms with Crippen molar-refractivity contribution >= 4 is 15.9 Å².